The van der Waals surface area contributed by atoms with Crippen LogP contribution in [0.2, 0.25) is 0 Å². The SMILES string of the molecule is CNc1nc2c(ncn2[C@]2(C(=O)c3ccccc3N)O[C@H](CO)[C@@H](O)[C@H]2O)c(=O)[nH]1. The summed E-state index contributed by atoms with van der Waals surface area (Å²) in [7, 11) is 1.53. The lowest BCUT2D eigenvalue weighted by atomic mass is 9.92. The molecular formula is C18H20N6O6. The van der Waals surface area contributed by atoms with Crippen molar-refractivity contribution in [3.05, 3.63) is 46.5 Å². The number of fused-ring (bicyclic) bond motifs is 1. The molecule has 0 radical (unpaired) electrons. The fourth-order valence-corrected chi connectivity index (χ4v) is 3.61. The van der Waals surface area contributed by atoms with Gasteiger partial charge in [-0.3, -0.25) is 19.1 Å². The zero-order valence-corrected chi connectivity index (χ0v) is 15.8. The number of nitrogen functional groups attached to an aromatic ring is 1. The molecule has 7 N–H and O–H groups in total. The first-order valence-corrected chi connectivity index (χ1v) is 9.04. The van der Waals surface area contributed by atoms with E-state index >= 15 is 0 Å². The van der Waals surface area contributed by atoms with E-state index < -0.39 is 42.0 Å². The Morgan fingerprint density at radius 3 is 2.77 bits per heavy atom. The van der Waals surface area contributed by atoms with Gasteiger partial charge in [0.25, 0.3) is 5.56 Å². The first-order chi connectivity index (χ1) is 14.3. The number of ether oxygens (including phenoxy) is 1. The van der Waals surface area contributed by atoms with Crippen molar-refractivity contribution in [1.29, 1.82) is 0 Å². The van der Waals surface area contributed by atoms with E-state index in [4.69, 9.17) is 10.5 Å². The van der Waals surface area contributed by atoms with Crippen molar-refractivity contribution in [2.45, 2.75) is 24.0 Å². The number of nitrogens with two attached hydrogens (primary N) is 1. The minimum atomic E-state index is -2.27. The van der Waals surface area contributed by atoms with Gasteiger partial charge in [-0.05, 0) is 12.1 Å². The third-order valence-corrected chi connectivity index (χ3v) is 5.15. The minimum absolute atomic E-state index is 0.0165. The maximum absolute atomic E-state index is 13.7. The molecular weight excluding hydrogens is 396 g/mol. The van der Waals surface area contributed by atoms with Crippen LogP contribution in [0.5, 0.6) is 0 Å². The topological polar surface area (TPSA) is 189 Å². The van der Waals surface area contributed by atoms with Crippen LogP contribution in [0.15, 0.2) is 35.4 Å². The number of aromatic amines is 1. The van der Waals surface area contributed by atoms with E-state index in [9.17, 15) is 24.9 Å². The van der Waals surface area contributed by atoms with E-state index in [0.29, 0.717) is 0 Å². The zero-order valence-electron chi connectivity index (χ0n) is 15.8. The number of nitrogens with one attached hydrogen (secondary N) is 2. The summed E-state index contributed by atoms with van der Waals surface area (Å²) in [5.41, 5.74) is 3.04. The lowest BCUT2D eigenvalue weighted by molar-refractivity contribution is -0.113. The number of nitrogens with zero attached hydrogens (tertiary/aromatic N) is 3. The molecule has 1 aliphatic rings. The van der Waals surface area contributed by atoms with Crippen LogP contribution >= 0.6 is 0 Å². The Morgan fingerprint density at radius 2 is 2.13 bits per heavy atom. The van der Waals surface area contributed by atoms with Gasteiger partial charge in [-0.1, -0.05) is 12.1 Å². The molecule has 0 saturated carbocycles. The number of ketones is 1. The number of para-hydroxylation sites is 1. The normalized spacial score (nSPS) is 26.2. The molecule has 0 unspecified atom stereocenters. The van der Waals surface area contributed by atoms with Gasteiger partial charge in [0, 0.05) is 18.3 Å². The Bertz CT molecular complexity index is 1180. The van der Waals surface area contributed by atoms with Crippen LogP contribution in [0.4, 0.5) is 11.6 Å². The number of carbonyl (C=O) groups is 1. The average Bonchev–Trinajstić information content (AvgIpc) is 3.28. The number of rotatable bonds is 5. The third kappa shape index (κ3) is 2.69. The van der Waals surface area contributed by atoms with Crippen LogP contribution in [0.25, 0.3) is 11.2 Å². The van der Waals surface area contributed by atoms with Gasteiger partial charge in [0.05, 0.1) is 6.61 Å². The number of anilines is 2. The molecule has 1 saturated heterocycles. The predicted molar refractivity (Wildman–Crippen MR) is 105 cm³/mol. The van der Waals surface area contributed by atoms with Crippen LogP contribution < -0.4 is 16.6 Å². The molecule has 3 aromatic rings. The molecule has 30 heavy (non-hydrogen) atoms. The Kier molecular flexibility index (Phi) is 4.78. The van der Waals surface area contributed by atoms with Crippen LogP contribution in [0.1, 0.15) is 10.4 Å². The second-order valence-corrected chi connectivity index (χ2v) is 6.84. The summed E-state index contributed by atoms with van der Waals surface area (Å²) in [6.07, 6.45) is -3.60. The summed E-state index contributed by atoms with van der Waals surface area (Å²) >= 11 is 0. The van der Waals surface area contributed by atoms with Crippen LogP contribution in [0.3, 0.4) is 0 Å². The van der Waals surface area contributed by atoms with Crippen molar-refractivity contribution in [3.63, 3.8) is 0 Å². The summed E-state index contributed by atoms with van der Waals surface area (Å²) < 4.78 is 6.84. The number of hydrogen-bond donors (Lipinski definition) is 6. The van der Waals surface area contributed by atoms with Crippen molar-refractivity contribution in [2.75, 3.05) is 24.7 Å². The van der Waals surface area contributed by atoms with Gasteiger partial charge in [0.15, 0.2) is 11.2 Å². The van der Waals surface area contributed by atoms with Crippen molar-refractivity contribution in [3.8, 4) is 0 Å². The Labute approximate surface area is 169 Å². The maximum atomic E-state index is 13.7. The van der Waals surface area contributed by atoms with Gasteiger partial charge in [-0.15, -0.1) is 0 Å². The van der Waals surface area contributed by atoms with E-state index in [1.807, 2.05) is 0 Å². The highest BCUT2D eigenvalue weighted by molar-refractivity contribution is 6.06. The van der Waals surface area contributed by atoms with Crippen molar-refractivity contribution in [2.24, 2.45) is 0 Å². The summed E-state index contributed by atoms with van der Waals surface area (Å²) in [4.78, 5) is 36.7. The molecule has 0 aliphatic carbocycles. The standard InChI is InChI=1S/C18H20N6O6/c1-20-17-22-15-11(16(29)23-17)21-7-24(15)18(14(28)12(26)10(6-25)30-18)13(27)8-4-2-3-5-9(8)19/h2-5,7,10,12,14,25-26,28H,6,19H2,1H3,(H2,20,22,23,29)/t10-,12-,14-,18-/m1/s1. The van der Waals surface area contributed by atoms with Gasteiger partial charge in [0.1, 0.15) is 24.6 Å². The highest BCUT2D eigenvalue weighted by atomic mass is 16.6. The molecule has 1 aromatic carbocycles. The van der Waals surface area contributed by atoms with Crippen molar-refractivity contribution in [1.82, 2.24) is 19.5 Å². The smallest absolute Gasteiger partial charge is 0.280 e. The maximum Gasteiger partial charge on any atom is 0.280 e. The van der Waals surface area contributed by atoms with Crippen LogP contribution in [-0.2, 0) is 10.5 Å². The molecule has 3 heterocycles. The summed E-state index contributed by atoms with van der Waals surface area (Å²) in [5.74, 6) is -0.710. The Morgan fingerprint density at radius 1 is 1.40 bits per heavy atom. The fraction of sp³-hybridized carbons (Fsp3) is 0.333. The van der Waals surface area contributed by atoms with E-state index in [1.54, 1.807) is 12.1 Å². The number of aromatic nitrogens is 4. The molecule has 0 amide bonds. The fourth-order valence-electron chi connectivity index (χ4n) is 3.61. The number of carbonyl (C=O) groups excluding carboxylic acids is 1. The highest BCUT2D eigenvalue weighted by Gasteiger charge is 2.61. The first kappa shape index (κ1) is 20.0. The molecule has 1 fully saturated rings. The van der Waals surface area contributed by atoms with Crippen molar-refractivity contribution < 1.29 is 24.9 Å². The van der Waals surface area contributed by atoms with E-state index in [-0.39, 0.29) is 28.4 Å². The van der Waals surface area contributed by atoms with Gasteiger partial charge >= 0.3 is 0 Å². The molecule has 4 rings (SSSR count). The number of imidazole rings is 1. The predicted octanol–water partition coefficient (Wildman–Crippen LogP) is -1.61. The van der Waals surface area contributed by atoms with E-state index in [1.165, 1.54) is 19.2 Å². The van der Waals surface area contributed by atoms with Crippen LogP contribution in [0, 0.1) is 0 Å². The molecule has 4 atom stereocenters. The lowest BCUT2D eigenvalue weighted by Gasteiger charge is -2.32. The largest absolute Gasteiger partial charge is 0.398 e. The lowest BCUT2D eigenvalue weighted by Crippen LogP contribution is -2.52. The first-order valence-electron chi connectivity index (χ1n) is 9.04. The quantitative estimate of drug-likeness (QED) is 0.208. The highest BCUT2D eigenvalue weighted by Crippen LogP contribution is 2.40. The van der Waals surface area contributed by atoms with E-state index in [0.717, 1.165) is 10.9 Å². The molecule has 0 bridgehead atoms. The van der Waals surface area contributed by atoms with E-state index in [2.05, 4.69) is 20.3 Å². The summed E-state index contributed by atoms with van der Waals surface area (Å²) in [5, 5.41) is 33.6. The number of aliphatic hydroxyl groups is 3. The van der Waals surface area contributed by atoms with Crippen molar-refractivity contribution >= 4 is 28.6 Å². The van der Waals surface area contributed by atoms with Gasteiger partial charge < -0.3 is 31.1 Å². The molecule has 2 aromatic heterocycles. The number of H-pyrrole nitrogens is 1. The zero-order chi connectivity index (χ0) is 21.6. The molecule has 12 heteroatoms. The third-order valence-electron chi connectivity index (χ3n) is 5.15. The Hall–Kier alpha value is -3.32. The number of aliphatic hydroxyl groups excluding tert-OH is 3. The second kappa shape index (κ2) is 7.18. The summed E-state index contributed by atoms with van der Waals surface area (Å²) in [6, 6.07) is 6.14. The average molecular weight is 416 g/mol. The number of benzene rings is 1. The second-order valence-electron chi connectivity index (χ2n) is 6.84. The van der Waals surface area contributed by atoms with Gasteiger partial charge in [-0.2, -0.15) is 4.98 Å². The Balaban J connectivity index is 2.02. The number of hydrogen-bond acceptors (Lipinski definition) is 10. The molecule has 158 valence electrons. The molecule has 0 spiro atoms. The summed E-state index contributed by atoms with van der Waals surface area (Å²) in [6.45, 7) is -0.667. The minimum Gasteiger partial charge on any atom is -0.398 e. The molecule has 12 nitrogen and oxygen atoms in total. The number of Topliss-reactive ketones (excluding diaryl/α,β-unsaturated/α-hetero) is 1. The van der Waals surface area contributed by atoms with Gasteiger partial charge in [0.2, 0.25) is 17.5 Å². The monoisotopic (exact) mass is 416 g/mol. The van der Waals surface area contributed by atoms with Gasteiger partial charge in [-0.25, -0.2) is 4.98 Å². The molecule has 1 aliphatic heterocycles. The van der Waals surface area contributed by atoms with Crippen LogP contribution in [-0.4, -0.2) is 72.6 Å².